The Balaban J connectivity index is 2.08. The van der Waals surface area contributed by atoms with Crippen LogP contribution in [0.15, 0.2) is 54.6 Å². The molecule has 2 aromatic rings. The maximum Gasteiger partial charge on any atom is 0.416 e. The molecule has 4 nitrogen and oxygen atoms in total. The molecule has 0 saturated heterocycles. The molecule has 2 rings (SSSR count). The quantitative estimate of drug-likeness (QED) is 0.521. The third kappa shape index (κ3) is 7.06. The summed E-state index contributed by atoms with van der Waals surface area (Å²) in [7, 11) is 0. The number of carbonyl (C=O) groups excluding carboxylic acids is 1. The molecule has 0 spiro atoms. The zero-order valence-electron chi connectivity index (χ0n) is 17.4. The van der Waals surface area contributed by atoms with Crippen molar-refractivity contribution in [1.29, 1.82) is 0 Å². The predicted molar refractivity (Wildman–Crippen MR) is 109 cm³/mol. The fourth-order valence-electron chi connectivity index (χ4n) is 3.04. The van der Waals surface area contributed by atoms with Crippen molar-refractivity contribution in [3.8, 4) is 5.75 Å². The average molecular weight is 423 g/mol. The largest absolute Gasteiger partial charge is 0.486 e. The van der Waals surface area contributed by atoms with Crippen LogP contribution in [0.2, 0.25) is 0 Å². The van der Waals surface area contributed by atoms with Crippen LogP contribution in [-0.2, 0) is 15.7 Å². The number of esters is 1. The van der Waals surface area contributed by atoms with Gasteiger partial charge in [-0.3, -0.25) is 4.79 Å². The maximum atomic E-state index is 12.8. The highest BCUT2D eigenvalue weighted by Crippen LogP contribution is 2.31. The second kappa shape index (κ2) is 11.0. The summed E-state index contributed by atoms with van der Waals surface area (Å²) in [5.41, 5.74) is 0.179. The predicted octanol–water partition coefficient (Wildman–Crippen LogP) is 5.39. The molecular formula is C23H28F3NO3. The molecule has 0 saturated carbocycles. The molecule has 30 heavy (non-hydrogen) atoms. The standard InChI is InChI=1S/C23H28F3NO3/c1-4-29-22(28)21(16(2)3)27-15-14-20(17-8-6-5-7-9-17)30-19-12-10-18(11-13-19)23(24,25)26/h5-13,16,20-21,27H,4,14-15H2,1-3H3/t20?,21-/m0/s1. The topological polar surface area (TPSA) is 47.6 Å². The molecule has 1 N–H and O–H groups in total. The summed E-state index contributed by atoms with van der Waals surface area (Å²) >= 11 is 0. The van der Waals surface area contributed by atoms with Crippen molar-refractivity contribution >= 4 is 5.97 Å². The van der Waals surface area contributed by atoms with Crippen LogP contribution in [0.25, 0.3) is 0 Å². The molecule has 0 heterocycles. The van der Waals surface area contributed by atoms with E-state index in [-0.39, 0.29) is 18.0 Å². The monoisotopic (exact) mass is 423 g/mol. The molecule has 0 fully saturated rings. The fourth-order valence-corrected chi connectivity index (χ4v) is 3.04. The van der Waals surface area contributed by atoms with E-state index in [2.05, 4.69) is 5.32 Å². The van der Waals surface area contributed by atoms with Crippen LogP contribution in [0.5, 0.6) is 5.75 Å². The Morgan fingerprint density at radius 3 is 2.20 bits per heavy atom. The highest BCUT2D eigenvalue weighted by molar-refractivity contribution is 5.76. The molecule has 2 aromatic carbocycles. The summed E-state index contributed by atoms with van der Waals surface area (Å²) in [5.74, 6) is 0.102. The summed E-state index contributed by atoms with van der Waals surface area (Å²) in [6.45, 7) is 6.41. The molecule has 0 aliphatic rings. The van der Waals surface area contributed by atoms with Gasteiger partial charge in [-0.1, -0.05) is 44.2 Å². The Morgan fingerprint density at radius 2 is 1.67 bits per heavy atom. The minimum Gasteiger partial charge on any atom is -0.486 e. The zero-order chi connectivity index (χ0) is 22.1. The molecule has 164 valence electrons. The van der Waals surface area contributed by atoms with Crippen LogP contribution in [-0.4, -0.2) is 25.2 Å². The van der Waals surface area contributed by atoms with Crippen molar-refractivity contribution in [2.75, 3.05) is 13.2 Å². The van der Waals surface area contributed by atoms with E-state index in [9.17, 15) is 18.0 Å². The summed E-state index contributed by atoms with van der Waals surface area (Å²) in [4.78, 5) is 12.1. The van der Waals surface area contributed by atoms with E-state index in [0.717, 1.165) is 17.7 Å². The van der Waals surface area contributed by atoms with Crippen molar-refractivity contribution in [3.05, 3.63) is 65.7 Å². The van der Waals surface area contributed by atoms with Gasteiger partial charge in [0.15, 0.2) is 0 Å². The van der Waals surface area contributed by atoms with Gasteiger partial charge in [-0.05, 0) is 49.2 Å². The van der Waals surface area contributed by atoms with Gasteiger partial charge in [-0.2, -0.15) is 13.2 Å². The van der Waals surface area contributed by atoms with Crippen molar-refractivity contribution in [2.45, 2.75) is 45.5 Å². The Morgan fingerprint density at radius 1 is 1.03 bits per heavy atom. The summed E-state index contributed by atoms with van der Waals surface area (Å²) in [6, 6.07) is 13.7. The van der Waals surface area contributed by atoms with Crippen LogP contribution < -0.4 is 10.1 Å². The number of nitrogens with one attached hydrogen (secondary N) is 1. The lowest BCUT2D eigenvalue weighted by molar-refractivity contribution is -0.147. The second-order valence-corrected chi connectivity index (χ2v) is 7.26. The maximum absolute atomic E-state index is 12.8. The molecule has 0 bridgehead atoms. The lowest BCUT2D eigenvalue weighted by Gasteiger charge is -2.24. The number of carbonyl (C=O) groups is 1. The molecular weight excluding hydrogens is 395 g/mol. The molecule has 2 atom stereocenters. The minimum absolute atomic E-state index is 0.0510. The van der Waals surface area contributed by atoms with Gasteiger partial charge in [0.2, 0.25) is 0 Å². The van der Waals surface area contributed by atoms with E-state index in [0.29, 0.717) is 25.3 Å². The van der Waals surface area contributed by atoms with Crippen molar-refractivity contribution in [3.63, 3.8) is 0 Å². The SMILES string of the molecule is CCOC(=O)[C@@H](NCCC(Oc1ccc(C(F)(F)F)cc1)c1ccccc1)C(C)C. The normalized spacial score (nSPS) is 13.7. The second-order valence-electron chi connectivity index (χ2n) is 7.26. The Bertz CT molecular complexity index is 777. The van der Waals surface area contributed by atoms with Crippen LogP contribution in [0, 0.1) is 5.92 Å². The van der Waals surface area contributed by atoms with Crippen LogP contribution in [0.3, 0.4) is 0 Å². The Hall–Kier alpha value is -2.54. The number of halogens is 3. The van der Waals surface area contributed by atoms with E-state index in [4.69, 9.17) is 9.47 Å². The summed E-state index contributed by atoms with van der Waals surface area (Å²) in [5, 5.41) is 3.22. The molecule has 0 aliphatic carbocycles. The molecule has 0 radical (unpaired) electrons. The number of ether oxygens (including phenoxy) is 2. The van der Waals surface area contributed by atoms with E-state index in [1.165, 1.54) is 12.1 Å². The van der Waals surface area contributed by atoms with Crippen LogP contribution in [0.4, 0.5) is 13.2 Å². The van der Waals surface area contributed by atoms with Gasteiger partial charge in [0.1, 0.15) is 17.9 Å². The first-order chi connectivity index (χ1) is 14.2. The van der Waals surface area contributed by atoms with E-state index in [1.807, 2.05) is 44.2 Å². The first kappa shape index (κ1) is 23.7. The van der Waals surface area contributed by atoms with Gasteiger partial charge >= 0.3 is 12.1 Å². The smallest absolute Gasteiger partial charge is 0.416 e. The van der Waals surface area contributed by atoms with E-state index >= 15 is 0 Å². The summed E-state index contributed by atoms with van der Waals surface area (Å²) < 4.78 is 49.5. The van der Waals surface area contributed by atoms with Crippen LogP contribution in [0.1, 0.15) is 44.4 Å². The van der Waals surface area contributed by atoms with Crippen LogP contribution >= 0.6 is 0 Å². The average Bonchev–Trinajstić information content (AvgIpc) is 2.70. The molecule has 0 aromatic heterocycles. The van der Waals surface area contributed by atoms with Gasteiger partial charge in [-0.15, -0.1) is 0 Å². The molecule has 0 aliphatic heterocycles. The number of hydrogen-bond acceptors (Lipinski definition) is 4. The van der Waals surface area contributed by atoms with Gasteiger partial charge in [0.25, 0.3) is 0 Å². The van der Waals surface area contributed by atoms with E-state index in [1.54, 1.807) is 6.92 Å². The Labute approximate surface area is 175 Å². The number of rotatable bonds is 10. The molecule has 7 heteroatoms. The third-order valence-corrected chi connectivity index (χ3v) is 4.61. The lowest BCUT2D eigenvalue weighted by Crippen LogP contribution is -2.43. The fraction of sp³-hybridized carbons (Fsp3) is 0.435. The number of alkyl halides is 3. The summed E-state index contributed by atoms with van der Waals surface area (Å²) in [6.07, 6.45) is -4.25. The van der Waals surface area contributed by atoms with Gasteiger partial charge in [0.05, 0.1) is 12.2 Å². The lowest BCUT2D eigenvalue weighted by atomic mass is 10.0. The molecule has 1 unspecified atom stereocenters. The highest BCUT2D eigenvalue weighted by Gasteiger charge is 2.30. The third-order valence-electron chi connectivity index (χ3n) is 4.61. The molecule has 0 amide bonds. The zero-order valence-corrected chi connectivity index (χ0v) is 17.4. The van der Waals surface area contributed by atoms with Gasteiger partial charge < -0.3 is 14.8 Å². The van der Waals surface area contributed by atoms with Crippen molar-refractivity contribution < 1.29 is 27.4 Å². The Kier molecular flexibility index (Phi) is 8.72. The number of benzene rings is 2. The first-order valence-electron chi connectivity index (χ1n) is 10.0. The minimum atomic E-state index is -4.39. The van der Waals surface area contributed by atoms with Crippen molar-refractivity contribution in [2.24, 2.45) is 5.92 Å². The first-order valence-corrected chi connectivity index (χ1v) is 10.0. The van der Waals surface area contributed by atoms with E-state index < -0.39 is 17.8 Å². The van der Waals surface area contributed by atoms with Crippen molar-refractivity contribution in [1.82, 2.24) is 5.32 Å². The highest BCUT2D eigenvalue weighted by atomic mass is 19.4. The van der Waals surface area contributed by atoms with Gasteiger partial charge in [-0.25, -0.2) is 0 Å². The number of hydrogen-bond donors (Lipinski definition) is 1. The van der Waals surface area contributed by atoms with Gasteiger partial charge in [0, 0.05) is 6.42 Å².